The molecule has 1 amide bonds. The summed E-state index contributed by atoms with van der Waals surface area (Å²) in [6.45, 7) is 7.48. The van der Waals surface area contributed by atoms with E-state index in [9.17, 15) is 4.79 Å². The topological polar surface area (TPSA) is 65.5 Å². The van der Waals surface area contributed by atoms with Crippen LogP contribution in [0.4, 0.5) is 0 Å². The van der Waals surface area contributed by atoms with Crippen molar-refractivity contribution in [1.82, 2.24) is 16.0 Å². The van der Waals surface area contributed by atoms with Gasteiger partial charge in [-0.3, -0.25) is 9.79 Å². The molecule has 0 saturated carbocycles. The lowest BCUT2D eigenvalue weighted by atomic mass is 10.1. The summed E-state index contributed by atoms with van der Waals surface area (Å²) in [6.07, 6.45) is 0.935. The maximum atomic E-state index is 11.9. The lowest BCUT2D eigenvalue weighted by Crippen LogP contribution is -2.40. The Morgan fingerprint density at radius 3 is 2.59 bits per heavy atom. The summed E-state index contributed by atoms with van der Waals surface area (Å²) in [5, 5.41) is 9.34. The van der Waals surface area contributed by atoms with Gasteiger partial charge >= 0.3 is 0 Å². The molecule has 1 aromatic rings. The van der Waals surface area contributed by atoms with Crippen LogP contribution in [0.2, 0.25) is 0 Å². The molecule has 1 aromatic carbocycles. The minimum Gasteiger partial charge on any atom is -0.354 e. The van der Waals surface area contributed by atoms with Crippen molar-refractivity contribution in [2.75, 3.05) is 13.6 Å². The first-order valence-corrected chi connectivity index (χ1v) is 7.41. The van der Waals surface area contributed by atoms with Gasteiger partial charge in [-0.05, 0) is 38.0 Å². The number of nitrogens with zero attached hydrogens (tertiary/aromatic N) is 1. The molecule has 3 N–H and O–H groups in total. The van der Waals surface area contributed by atoms with Crippen LogP contribution in [0.5, 0.6) is 0 Å². The van der Waals surface area contributed by atoms with Crippen LogP contribution < -0.4 is 16.0 Å². The summed E-state index contributed by atoms with van der Waals surface area (Å²) in [5.74, 6) is 0.731. The van der Waals surface area contributed by atoms with Crippen molar-refractivity contribution in [2.45, 2.75) is 39.8 Å². The van der Waals surface area contributed by atoms with E-state index in [0.29, 0.717) is 24.7 Å². The molecule has 1 rings (SSSR count). The minimum atomic E-state index is -0.0246. The maximum absolute atomic E-state index is 11.9. The Morgan fingerprint density at radius 1 is 1.27 bits per heavy atom. The number of halogens is 1. The second-order valence-corrected chi connectivity index (χ2v) is 5.18. The monoisotopic (exact) mass is 418 g/mol. The highest BCUT2D eigenvalue weighted by Crippen LogP contribution is 2.05. The summed E-state index contributed by atoms with van der Waals surface area (Å²) in [5.41, 5.74) is 1.74. The number of aliphatic imine (C=N–C) groups is 1. The average Bonchev–Trinajstić information content (AvgIpc) is 2.48. The van der Waals surface area contributed by atoms with Crippen LogP contribution in [-0.2, 0) is 6.54 Å². The Hall–Kier alpha value is -1.31. The molecule has 0 fully saturated rings. The fourth-order valence-corrected chi connectivity index (χ4v) is 1.82. The number of benzene rings is 1. The molecule has 22 heavy (non-hydrogen) atoms. The fourth-order valence-electron chi connectivity index (χ4n) is 1.82. The SMILES string of the molecule is CCCNC(=O)c1cccc(CNC(=NC)NC(C)C)c1.I. The predicted octanol–water partition coefficient (Wildman–Crippen LogP) is 2.52. The summed E-state index contributed by atoms with van der Waals surface area (Å²) < 4.78 is 0. The van der Waals surface area contributed by atoms with Gasteiger partial charge in [-0.15, -0.1) is 24.0 Å². The van der Waals surface area contributed by atoms with Gasteiger partial charge < -0.3 is 16.0 Å². The third-order valence-electron chi connectivity index (χ3n) is 2.83. The molecule has 6 heteroatoms. The highest BCUT2D eigenvalue weighted by Gasteiger charge is 2.06. The smallest absolute Gasteiger partial charge is 0.251 e. The molecule has 0 aliphatic heterocycles. The van der Waals surface area contributed by atoms with Gasteiger partial charge in [0.2, 0.25) is 0 Å². The van der Waals surface area contributed by atoms with E-state index in [2.05, 4.69) is 34.8 Å². The first-order valence-electron chi connectivity index (χ1n) is 7.41. The van der Waals surface area contributed by atoms with Gasteiger partial charge in [-0.25, -0.2) is 0 Å². The molecule has 0 heterocycles. The molecular formula is C16H27IN4O. The highest BCUT2D eigenvalue weighted by molar-refractivity contribution is 14.0. The average molecular weight is 418 g/mol. The number of hydrogen-bond donors (Lipinski definition) is 3. The number of carbonyl (C=O) groups is 1. The van der Waals surface area contributed by atoms with Crippen molar-refractivity contribution in [1.29, 1.82) is 0 Å². The molecule has 0 unspecified atom stereocenters. The summed E-state index contributed by atoms with van der Waals surface area (Å²) in [6, 6.07) is 7.95. The van der Waals surface area contributed by atoms with E-state index in [1.807, 2.05) is 31.2 Å². The zero-order valence-corrected chi connectivity index (χ0v) is 16.1. The zero-order chi connectivity index (χ0) is 15.7. The molecule has 0 radical (unpaired) electrons. The van der Waals surface area contributed by atoms with Crippen molar-refractivity contribution in [3.8, 4) is 0 Å². The number of nitrogens with one attached hydrogen (secondary N) is 3. The van der Waals surface area contributed by atoms with Crippen LogP contribution in [0, 0.1) is 0 Å². The normalized spacial score (nSPS) is 10.9. The van der Waals surface area contributed by atoms with Crippen molar-refractivity contribution >= 4 is 35.8 Å². The van der Waals surface area contributed by atoms with Crippen molar-refractivity contribution in [3.05, 3.63) is 35.4 Å². The summed E-state index contributed by atoms with van der Waals surface area (Å²) >= 11 is 0. The van der Waals surface area contributed by atoms with E-state index in [1.54, 1.807) is 7.05 Å². The number of rotatable bonds is 6. The molecule has 0 aliphatic rings. The summed E-state index contributed by atoms with van der Waals surface area (Å²) in [7, 11) is 1.74. The minimum absolute atomic E-state index is 0. The molecule has 0 aromatic heterocycles. The van der Waals surface area contributed by atoms with Crippen LogP contribution in [0.3, 0.4) is 0 Å². The molecule has 0 aliphatic carbocycles. The largest absolute Gasteiger partial charge is 0.354 e. The first kappa shape index (κ1) is 20.7. The molecule has 0 saturated heterocycles. The number of hydrogen-bond acceptors (Lipinski definition) is 2. The van der Waals surface area contributed by atoms with Gasteiger partial charge in [0.25, 0.3) is 5.91 Å². The number of amides is 1. The van der Waals surface area contributed by atoms with Gasteiger partial charge in [0, 0.05) is 31.7 Å². The molecule has 5 nitrogen and oxygen atoms in total. The van der Waals surface area contributed by atoms with Gasteiger partial charge in [0.05, 0.1) is 0 Å². The Morgan fingerprint density at radius 2 is 2.00 bits per heavy atom. The van der Waals surface area contributed by atoms with Crippen LogP contribution in [0.25, 0.3) is 0 Å². The first-order chi connectivity index (χ1) is 10.1. The Bertz CT molecular complexity index is 489. The Labute approximate surface area is 150 Å². The molecule has 124 valence electrons. The van der Waals surface area contributed by atoms with Gasteiger partial charge in [-0.2, -0.15) is 0 Å². The van der Waals surface area contributed by atoms with Crippen LogP contribution in [0.15, 0.2) is 29.3 Å². The van der Waals surface area contributed by atoms with Crippen molar-refractivity contribution in [3.63, 3.8) is 0 Å². The molecule has 0 bridgehead atoms. The van der Waals surface area contributed by atoms with E-state index >= 15 is 0 Å². The van der Waals surface area contributed by atoms with Crippen LogP contribution >= 0.6 is 24.0 Å². The Balaban J connectivity index is 0.00000441. The van der Waals surface area contributed by atoms with Crippen LogP contribution in [-0.4, -0.2) is 31.5 Å². The lowest BCUT2D eigenvalue weighted by molar-refractivity contribution is 0.0953. The zero-order valence-electron chi connectivity index (χ0n) is 13.8. The third kappa shape index (κ3) is 7.63. The second kappa shape index (κ2) is 11.3. The lowest BCUT2D eigenvalue weighted by Gasteiger charge is -2.14. The standard InChI is InChI=1S/C16H26N4O.HI/c1-5-9-18-15(21)14-8-6-7-13(10-14)11-19-16(17-4)20-12(2)3;/h6-8,10,12H,5,9,11H2,1-4H3,(H,18,21)(H2,17,19,20);1H. The Kier molecular flexibility index (Phi) is 10.6. The number of guanidine groups is 1. The maximum Gasteiger partial charge on any atom is 0.251 e. The third-order valence-corrected chi connectivity index (χ3v) is 2.83. The van der Waals surface area contributed by atoms with Crippen LogP contribution in [0.1, 0.15) is 43.1 Å². The second-order valence-electron chi connectivity index (χ2n) is 5.18. The van der Waals surface area contributed by atoms with E-state index in [-0.39, 0.29) is 29.9 Å². The van der Waals surface area contributed by atoms with Gasteiger partial charge in [-0.1, -0.05) is 19.1 Å². The van der Waals surface area contributed by atoms with Gasteiger partial charge in [0.15, 0.2) is 5.96 Å². The van der Waals surface area contributed by atoms with Crippen molar-refractivity contribution in [2.24, 2.45) is 4.99 Å². The predicted molar refractivity (Wildman–Crippen MR) is 103 cm³/mol. The molecule has 0 atom stereocenters. The van der Waals surface area contributed by atoms with E-state index in [0.717, 1.165) is 17.9 Å². The quantitative estimate of drug-likeness (QED) is 0.378. The number of carbonyl (C=O) groups excluding carboxylic acids is 1. The summed E-state index contributed by atoms with van der Waals surface area (Å²) in [4.78, 5) is 16.1. The molecular weight excluding hydrogens is 391 g/mol. The van der Waals surface area contributed by atoms with Crippen molar-refractivity contribution < 1.29 is 4.79 Å². The fraction of sp³-hybridized carbons (Fsp3) is 0.500. The highest BCUT2D eigenvalue weighted by atomic mass is 127. The molecule has 0 spiro atoms. The van der Waals surface area contributed by atoms with E-state index < -0.39 is 0 Å². The van der Waals surface area contributed by atoms with E-state index in [1.165, 1.54) is 0 Å². The van der Waals surface area contributed by atoms with Gasteiger partial charge in [0.1, 0.15) is 0 Å². The van der Waals surface area contributed by atoms with E-state index in [4.69, 9.17) is 0 Å².